The highest BCUT2D eigenvalue weighted by Gasteiger charge is 2.49. The summed E-state index contributed by atoms with van der Waals surface area (Å²) in [5.41, 5.74) is 1.31. The quantitative estimate of drug-likeness (QED) is 0.0255. The second kappa shape index (κ2) is 28.2. The Hall–Kier alpha value is -0.875. The molecule has 0 aromatic carbocycles. The van der Waals surface area contributed by atoms with Crippen LogP contribution in [0.3, 0.4) is 0 Å². The van der Waals surface area contributed by atoms with Crippen molar-refractivity contribution in [3.63, 3.8) is 0 Å². The topological polar surface area (TPSA) is 134 Å². The van der Waals surface area contributed by atoms with Gasteiger partial charge in [-0.05, 0) is 177 Å². The number of ether oxygens (including phenoxy) is 3. The van der Waals surface area contributed by atoms with E-state index in [0.717, 1.165) is 31.5 Å². The summed E-state index contributed by atoms with van der Waals surface area (Å²) in [4.78, 5) is 34.0. The van der Waals surface area contributed by atoms with Gasteiger partial charge in [0.25, 0.3) is 0 Å². The molecule has 360 valence electrons. The van der Waals surface area contributed by atoms with Gasteiger partial charge in [0.1, 0.15) is 0 Å². The van der Waals surface area contributed by atoms with Crippen molar-refractivity contribution in [3.05, 3.63) is 36.5 Å². The zero-order chi connectivity index (χ0) is 48.9. The van der Waals surface area contributed by atoms with Gasteiger partial charge in [0.2, 0.25) is 0 Å². The third-order valence-electron chi connectivity index (χ3n) is 7.03. The van der Waals surface area contributed by atoms with Gasteiger partial charge in [0.15, 0.2) is 49.9 Å². The molecule has 0 aliphatic rings. The predicted octanol–water partition coefficient (Wildman–Crippen LogP) is 12.0. The predicted molar refractivity (Wildman–Crippen MR) is 274 cm³/mol. The lowest BCUT2D eigenvalue weighted by molar-refractivity contribution is -0.139. The van der Waals surface area contributed by atoms with Gasteiger partial charge < -0.3 is 39.2 Å². The minimum absolute atomic E-state index is 0.300. The lowest BCUT2D eigenvalue weighted by Crippen LogP contribution is -2.60. The van der Waals surface area contributed by atoms with Crippen molar-refractivity contribution < 1.29 is 53.6 Å². The van der Waals surface area contributed by atoms with Crippen LogP contribution in [-0.4, -0.2) is 112 Å². The van der Waals surface area contributed by atoms with Gasteiger partial charge in [-0.2, -0.15) is 0 Å². The van der Waals surface area contributed by atoms with Gasteiger partial charge in [-0.15, -0.1) is 0 Å². The molecule has 0 heterocycles. The third kappa shape index (κ3) is 40.4. The normalized spacial score (nSPS) is 12.9. The largest absolute Gasteiger partial charge is 0.469 e. The molecule has 0 aromatic heterocycles. The molecule has 0 atom stereocenters. The van der Waals surface area contributed by atoms with Gasteiger partial charge >= 0.3 is 35.3 Å². The van der Waals surface area contributed by atoms with Crippen LogP contribution in [0.15, 0.2) is 36.5 Å². The Morgan fingerprint density at radius 2 is 0.672 bits per heavy atom. The molecule has 0 fully saturated rings. The number of rotatable bonds is 27. The lowest BCUT2D eigenvalue weighted by atomic mass is 10.4. The van der Waals surface area contributed by atoms with Gasteiger partial charge in [0.05, 0.1) is 19.8 Å². The SMILES string of the molecule is C=C(C)C(=O)OCCC[Si](C)(C)OCC.C=C(C)C(=O)OCCC[Si](C)(O[Si](C)(C)C)O[Si](C)(C)C.C=C(C)C(=O)OCCC[Si](O[Si](C)(C)C)(O[Si](C)(C)C)O[Si](C)(C)C. The first kappa shape index (κ1) is 64.4. The Kier molecular flexibility index (Phi) is 29.8. The van der Waals surface area contributed by atoms with Crippen LogP contribution in [0.1, 0.15) is 47.0 Å². The molecule has 12 nitrogen and oxygen atoms in total. The fourth-order valence-electron chi connectivity index (χ4n) is 5.54. The summed E-state index contributed by atoms with van der Waals surface area (Å²) in [5.74, 6) is -0.975. The average molecular weight is 1000 g/mol. The van der Waals surface area contributed by atoms with Crippen LogP contribution in [0.5, 0.6) is 0 Å². The van der Waals surface area contributed by atoms with Gasteiger partial charge in [-0.3, -0.25) is 0 Å². The van der Waals surface area contributed by atoms with Crippen LogP contribution >= 0.6 is 0 Å². The van der Waals surface area contributed by atoms with Crippen molar-refractivity contribution in [2.75, 3.05) is 26.4 Å². The second-order valence-corrected chi connectivity index (χ2v) is 55.3. The van der Waals surface area contributed by atoms with Crippen molar-refractivity contribution in [2.24, 2.45) is 0 Å². The Balaban J connectivity index is -0.000000853. The van der Waals surface area contributed by atoms with E-state index in [4.69, 9.17) is 39.2 Å². The molecule has 20 heteroatoms. The fourth-order valence-corrected chi connectivity index (χ4v) is 34.6. The highest BCUT2D eigenvalue weighted by Crippen LogP contribution is 2.30. The summed E-state index contributed by atoms with van der Waals surface area (Å²) in [7, 11) is -15.4. The number of hydrogen-bond acceptors (Lipinski definition) is 12. The fraction of sp³-hybridized carbons (Fsp3) is 0.780. The molecular formula is C41H92O12Si8. The second-order valence-electron chi connectivity index (χ2n) is 21.1. The number of carbonyl (C=O) groups is 3. The summed E-state index contributed by atoms with van der Waals surface area (Å²) in [5, 5.41) is 0. The van der Waals surface area contributed by atoms with E-state index in [9.17, 15) is 14.4 Å². The number of esters is 3. The summed E-state index contributed by atoms with van der Waals surface area (Å²) in [6.07, 6.45) is 2.32. The molecular weight excluding hydrogens is 909 g/mol. The van der Waals surface area contributed by atoms with Crippen molar-refractivity contribution in [3.8, 4) is 0 Å². The van der Waals surface area contributed by atoms with Crippen LogP contribution in [0.25, 0.3) is 0 Å². The molecule has 0 bridgehead atoms. The molecule has 0 rings (SSSR count). The van der Waals surface area contributed by atoms with E-state index in [-0.39, 0.29) is 17.9 Å². The molecule has 0 saturated heterocycles. The van der Waals surface area contributed by atoms with E-state index in [1.54, 1.807) is 20.8 Å². The molecule has 0 amide bonds. The van der Waals surface area contributed by atoms with E-state index in [2.05, 4.69) is 138 Å². The Morgan fingerprint density at radius 3 is 0.918 bits per heavy atom. The first-order valence-corrected chi connectivity index (χ1v) is 46.3. The molecule has 0 unspecified atom stereocenters. The minimum atomic E-state index is -2.83. The Bertz CT molecular complexity index is 1320. The zero-order valence-electron chi connectivity index (χ0n) is 43.1. The van der Waals surface area contributed by atoms with E-state index in [1.165, 1.54) is 0 Å². The van der Waals surface area contributed by atoms with E-state index in [0.29, 0.717) is 49.0 Å². The first-order valence-electron chi connectivity index (χ1n) is 21.7. The maximum atomic E-state index is 11.6. The maximum Gasteiger partial charge on any atom is 0.469 e. The summed E-state index contributed by atoms with van der Waals surface area (Å²) >= 11 is 0. The number of hydrogen-bond donors (Lipinski definition) is 0. The molecule has 0 aliphatic heterocycles. The van der Waals surface area contributed by atoms with Crippen LogP contribution in [0, 0.1) is 0 Å². The summed E-state index contributed by atoms with van der Waals surface area (Å²) < 4.78 is 53.6. The van der Waals surface area contributed by atoms with Crippen molar-refractivity contribution in [1.29, 1.82) is 0 Å². The third-order valence-corrected chi connectivity index (χ3v) is 31.3. The number of carbonyl (C=O) groups excluding carboxylic acids is 3. The van der Waals surface area contributed by atoms with E-state index < -0.39 is 67.3 Å². The monoisotopic (exact) mass is 1000 g/mol. The van der Waals surface area contributed by atoms with Gasteiger partial charge in [0, 0.05) is 29.4 Å². The first-order chi connectivity index (χ1) is 27.1. The maximum absolute atomic E-state index is 11.6. The minimum Gasteiger partial charge on any atom is -0.462 e. The Morgan fingerprint density at radius 1 is 0.410 bits per heavy atom. The van der Waals surface area contributed by atoms with Crippen LogP contribution in [0.2, 0.25) is 136 Å². The highest BCUT2D eigenvalue weighted by atomic mass is 28.5. The molecule has 0 spiro atoms. The van der Waals surface area contributed by atoms with E-state index >= 15 is 0 Å². The van der Waals surface area contributed by atoms with Gasteiger partial charge in [-0.25, -0.2) is 14.4 Å². The Labute approximate surface area is 382 Å². The standard InChI is InChI=1S/C16H38O5Si4.C14H32O4Si3.C11H22O3Si/c1-15(2)16(17)18-13-12-14-25(19-22(3,4)5,20-23(6,7)8)21-24(9,10)11;1-13(2)14(15)16-11-10-12-21(9,17-19(3,4)5)18-20(6,7)8;1-6-14-15(4,5)9-7-8-13-11(12)10(2)3/h1,12-14H2,2-11H3;1,10-12H2,2-9H3;2,6-9H2,1,3-5H3. The van der Waals surface area contributed by atoms with Crippen LogP contribution < -0.4 is 0 Å². The average Bonchev–Trinajstić information content (AvgIpc) is 2.99. The van der Waals surface area contributed by atoms with Crippen LogP contribution in [0.4, 0.5) is 0 Å². The summed E-state index contributed by atoms with van der Waals surface area (Å²) in [6.45, 7) is 58.7. The summed E-state index contributed by atoms with van der Waals surface area (Å²) in [6, 6.07) is 2.55. The highest BCUT2D eigenvalue weighted by molar-refractivity contribution is 6.90. The molecule has 61 heavy (non-hydrogen) atoms. The molecule has 0 radical (unpaired) electrons. The van der Waals surface area contributed by atoms with Gasteiger partial charge in [-0.1, -0.05) is 19.7 Å². The van der Waals surface area contributed by atoms with E-state index in [1.807, 2.05) is 6.92 Å². The zero-order valence-corrected chi connectivity index (χ0v) is 51.1. The molecule has 0 aromatic rings. The molecule has 0 N–H and O–H groups in total. The molecule has 0 saturated carbocycles. The smallest absolute Gasteiger partial charge is 0.462 e. The van der Waals surface area contributed by atoms with Crippen molar-refractivity contribution >= 4 is 85.2 Å². The lowest BCUT2D eigenvalue weighted by Gasteiger charge is -2.42. The van der Waals surface area contributed by atoms with Crippen LogP contribution in [-0.2, 0) is 53.6 Å². The molecule has 0 aliphatic carbocycles. The van der Waals surface area contributed by atoms with Crippen molar-refractivity contribution in [1.82, 2.24) is 0 Å². The van der Waals surface area contributed by atoms with Crippen molar-refractivity contribution in [2.45, 2.75) is 183 Å².